The summed E-state index contributed by atoms with van der Waals surface area (Å²) in [6.07, 6.45) is 1.44. The van der Waals surface area contributed by atoms with Crippen LogP contribution in [-0.2, 0) is 0 Å². The number of benzene rings is 1. The number of nitrogens with zero attached hydrogens (tertiary/aromatic N) is 4. The molecule has 0 radical (unpaired) electrons. The number of hydrogen-bond donors (Lipinski definition) is 1. The number of carbonyl (C=O) groups is 1. The molecule has 0 fully saturated rings. The van der Waals surface area contributed by atoms with E-state index in [1.54, 1.807) is 0 Å². The number of para-hydroxylation sites is 1. The third kappa shape index (κ3) is 2.97. The van der Waals surface area contributed by atoms with Crippen LogP contribution in [0.1, 0.15) is 17.4 Å². The molecule has 0 spiro atoms. The van der Waals surface area contributed by atoms with Gasteiger partial charge in [-0.25, -0.2) is 0 Å². The molecule has 1 amide bonds. The van der Waals surface area contributed by atoms with E-state index in [-0.39, 0.29) is 18.2 Å². The van der Waals surface area contributed by atoms with E-state index in [0.717, 1.165) is 5.69 Å². The van der Waals surface area contributed by atoms with E-state index >= 15 is 0 Å². The van der Waals surface area contributed by atoms with Crippen molar-refractivity contribution in [1.82, 2.24) is 19.9 Å². The van der Waals surface area contributed by atoms with E-state index in [1.807, 2.05) is 37.3 Å². The summed E-state index contributed by atoms with van der Waals surface area (Å²) in [5.41, 5.74) is 1.07. The van der Waals surface area contributed by atoms with E-state index in [2.05, 4.69) is 10.2 Å². The highest BCUT2D eigenvalue weighted by Crippen LogP contribution is 2.06. The lowest BCUT2D eigenvalue weighted by molar-refractivity contribution is 0.0725. The van der Waals surface area contributed by atoms with Crippen LogP contribution in [0.25, 0.3) is 5.69 Å². The van der Waals surface area contributed by atoms with Crippen LogP contribution in [0.4, 0.5) is 0 Å². The van der Waals surface area contributed by atoms with E-state index in [9.17, 15) is 4.79 Å². The monoisotopic (exact) mass is 260 g/mol. The third-order valence-corrected chi connectivity index (χ3v) is 2.74. The van der Waals surface area contributed by atoms with E-state index in [1.165, 1.54) is 15.9 Å². The van der Waals surface area contributed by atoms with Crippen LogP contribution in [-0.4, -0.2) is 50.6 Å². The highest BCUT2D eigenvalue weighted by Gasteiger charge is 2.17. The van der Waals surface area contributed by atoms with Crippen molar-refractivity contribution >= 4 is 5.91 Å². The number of likely N-dealkylation sites (N-methyl/N-ethyl adjacent to an activating group) is 1. The van der Waals surface area contributed by atoms with Crippen LogP contribution in [0.5, 0.6) is 0 Å². The molecule has 0 aliphatic heterocycles. The minimum atomic E-state index is -0.223. The van der Waals surface area contributed by atoms with E-state index in [4.69, 9.17) is 5.11 Å². The van der Waals surface area contributed by atoms with Crippen LogP contribution in [0.2, 0.25) is 0 Å². The van der Waals surface area contributed by atoms with Gasteiger partial charge in [-0.15, -0.1) is 5.10 Å². The Labute approximate surface area is 111 Å². The summed E-state index contributed by atoms with van der Waals surface area (Å²) >= 11 is 0. The minimum absolute atomic E-state index is 0.0631. The van der Waals surface area contributed by atoms with Gasteiger partial charge in [0.25, 0.3) is 5.91 Å². The molecule has 6 heteroatoms. The zero-order valence-corrected chi connectivity index (χ0v) is 10.7. The van der Waals surface area contributed by atoms with Gasteiger partial charge in [-0.05, 0) is 19.1 Å². The summed E-state index contributed by atoms with van der Waals surface area (Å²) in [6, 6.07) is 9.38. The summed E-state index contributed by atoms with van der Waals surface area (Å²) in [7, 11) is 0. The first-order valence-electron chi connectivity index (χ1n) is 6.14. The Balaban J connectivity index is 2.19. The molecule has 1 heterocycles. The maximum Gasteiger partial charge on any atom is 0.276 e. The fourth-order valence-electron chi connectivity index (χ4n) is 1.73. The van der Waals surface area contributed by atoms with Crippen molar-refractivity contribution in [3.63, 3.8) is 0 Å². The molecular formula is C13H16N4O2. The maximum absolute atomic E-state index is 12.1. The van der Waals surface area contributed by atoms with Crippen LogP contribution in [0, 0.1) is 0 Å². The van der Waals surface area contributed by atoms with Crippen LogP contribution >= 0.6 is 0 Å². The molecule has 0 aliphatic rings. The number of aliphatic hydroxyl groups is 1. The predicted octanol–water partition coefficient (Wildman–Crippen LogP) is 0.722. The standard InChI is InChI=1S/C13H16N4O2/c1-2-16(8-9-18)13(19)12-10-14-17(15-12)11-6-4-3-5-7-11/h3-7,10,18H,2,8-9H2,1H3. The van der Waals surface area contributed by atoms with Crippen molar-refractivity contribution in [2.45, 2.75) is 6.92 Å². The molecule has 100 valence electrons. The van der Waals surface area contributed by atoms with Gasteiger partial charge in [-0.2, -0.15) is 9.90 Å². The van der Waals surface area contributed by atoms with Crippen molar-refractivity contribution in [3.8, 4) is 5.69 Å². The Morgan fingerprint density at radius 3 is 2.74 bits per heavy atom. The molecule has 0 bridgehead atoms. The molecule has 1 aromatic carbocycles. The Hall–Kier alpha value is -2.21. The Morgan fingerprint density at radius 1 is 1.37 bits per heavy atom. The first-order valence-corrected chi connectivity index (χ1v) is 6.14. The lowest BCUT2D eigenvalue weighted by Gasteiger charge is -2.17. The van der Waals surface area contributed by atoms with Gasteiger partial charge in [0.1, 0.15) is 0 Å². The topological polar surface area (TPSA) is 71.2 Å². The van der Waals surface area contributed by atoms with E-state index in [0.29, 0.717) is 13.1 Å². The van der Waals surface area contributed by atoms with Crippen molar-refractivity contribution in [2.24, 2.45) is 0 Å². The fraction of sp³-hybridized carbons (Fsp3) is 0.308. The molecular weight excluding hydrogens is 244 g/mol. The number of hydrogen-bond acceptors (Lipinski definition) is 4. The second kappa shape index (κ2) is 6.10. The van der Waals surface area contributed by atoms with Gasteiger partial charge in [0, 0.05) is 13.1 Å². The van der Waals surface area contributed by atoms with E-state index < -0.39 is 0 Å². The molecule has 19 heavy (non-hydrogen) atoms. The molecule has 2 rings (SSSR count). The molecule has 0 aliphatic carbocycles. The second-order valence-corrected chi connectivity index (χ2v) is 3.96. The fourth-order valence-corrected chi connectivity index (χ4v) is 1.73. The summed E-state index contributed by atoms with van der Waals surface area (Å²) in [5.74, 6) is -0.223. The van der Waals surface area contributed by atoms with Gasteiger partial charge in [0.15, 0.2) is 5.69 Å². The molecule has 1 N–H and O–H groups in total. The largest absolute Gasteiger partial charge is 0.395 e. The summed E-state index contributed by atoms with van der Waals surface area (Å²) in [6.45, 7) is 2.62. The molecule has 1 aromatic heterocycles. The molecule has 2 aromatic rings. The lowest BCUT2D eigenvalue weighted by atomic mass is 10.3. The van der Waals surface area contributed by atoms with Gasteiger partial charge in [-0.1, -0.05) is 18.2 Å². The first-order chi connectivity index (χ1) is 9.26. The maximum atomic E-state index is 12.1. The highest BCUT2D eigenvalue weighted by atomic mass is 16.3. The second-order valence-electron chi connectivity index (χ2n) is 3.96. The smallest absolute Gasteiger partial charge is 0.276 e. The average Bonchev–Trinajstić information content (AvgIpc) is 2.95. The van der Waals surface area contributed by atoms with Gasteiger partial charge >= 0.3 is 0 Å². The highest BCUT2D eigenvalue weighted by molar-refractivity contribution is 5.91. The minimum Gasteiger partial charge on any atom is -0.395 e. The van der Waals surface area contributed by atoms with Crippen molar-refractivity contribution in [1.29, 1.82) is 0 Å². The Bertz CT molecular complexity index is 539. The number of amides is 1. The van der Waals surface area contributed by atoms with Crippen LogP contribution in [0.15, 0.2) is 36.5 Å². The zero-order chi connectivity index (χ0) is 13.7. The Morgan fingerprint density at radius 2 is 2.11 bits per heavy atom. The van der Waals surface area contributed by atoms with Gasteiger partial charge in [-0.3, -0.25) is 4.79 Å². The summed E-state index contributed by atoms with van der Waals surface area (Å²) in [5, 5.41) is 17.2. The molecule has 0 saturated heterocycles. The Kier molecular flexibility index (Phi) is 4.25. The quantitative estimate of drug-likeness (QED) is 0.860. The average molecular weight is 260 g/mol. The number of rotatable bonds is 5. The normalized spacial score (nSPS) is 10.4. The van der Waals surface area contributed by atoms with Crippen LogP contribution < -0.4 is 0 Å². The number of aliphatic hydroxyl groups excluding tert-OH is 1. The van der Waals surface area contributed by atoms with Gasteiger partial charge in [0.05, 0.1) is 18.5 Å². The lowest BCUT2D eigenvalue weighted by Crippen LogP contribution is -2.33. The van der Waals surface area contributed by atoms with Crippen molar-refractivity contribution in [2.75, 3.05) is 19.7 Å². The predicted molar refractivity (Wildman–Crippen MR) is 70.0 cm³/mol. The number of aromatic nitrogens is 3. The molecule has 0 atom stereocenters. The van der Waals surface area contributed by atoms with Gasteiger partial charge in [0.2, 0.25) is 0 Å². The molecule has 6 nitrogen and oxygen atoms in total. The van der Waals surface area contributed by atoms with Crippen molar-refractivity contribution in [3.05, 3.63) is 42.2 Å². The number of carbonyl (C=O) groups excluding carboxylic acids is 1. The van der Waals surface area contributed by atoms with Gasteiger partial charge < -0.3 is 10.0 Å². The zero-order valence-electron chi connectivity index (χ0n) is 10.7. The van der Waals surface area contributed by atoms with Crippen molar-refractivity contribution < 1.29 is 9.90 Å². The SMILES string of the molecule is CCN(CCO)C(=O)c1cnn(-c2ccccc2)n1. The molecule has 0 unspecified atom stereocenters. The summed E-state index contributed by atoms with van der Waals surface area (Å²) < 4.78 is 0. The first kappa shape index (κ1) is 13.2. The van der Waals surface area contributed by atoms with Crippen LogP contribution in [0.3, 0.4) is 0 Å². The summed E-state index contributed by atoms with van der Waals surface area (Å²) in [4.78, 5) is 15.1. The molecule has 0 saturated carbocycles. The third-order valence-electron chi connectivity index (χ3n) is 2.74.